The van der Waals surface area contributed by atoms with Crippen molar-refractivity contribution in [3.05, 3.63) is 11.8 Å². The van der Waals surface area contributed by atoms with Gasteiger partial charge in [0.2, 0.25) is 0 Å². The van der Waals surface area contributed by atoms with E-state index in [9.17, 15) is 9.90 Å². The van der Waals surface area contributed by atoms with E-state index in [1.165, 1.54) is 19.9 Å². The van der Waals surface area contributed by atoms with Crippen molar-refractivity contribution in [2.45, 2.75) is 26.4 Å². The molecule has 0 saturated carbocycles. The predicted octanol–water partition coefficient (Wildman–Crippen LogP) is 0.450. The van der Waals surface area contributed by atoms with Gasteiger partial charge in [0.1, 0.15) is 5.60 Å². The lowest BCUT2D eigenvalue weighted by molar-refractivity contribution is -0.128. The third kappa shape index (κ3) is 3.78. The number of rotatable bonds is 3. The van der Waals surface area contributed by atoms with Gasteiger partial charge in [0.25, 0.3) is 0 Å². The minimum atomic E-state index is -1.27. The molecule has 0 saturated heterocycles. The normalized spacial score (nSPS) is 13.0. The van der Waals surface area contributed by atoms with Gasteiger partial charge in [-0.15, -0.1) is 0 Å². The second-order valence-electron chi connectivity index (χ2n) is 3.00. The van der Waals surface area contributed by atoms with Crippen LogP contribution in [-0.4, -0.2) is 23.5 Å². The Morgan fingerprint density at radius 1 is 1.55 bits per heavy atom. The summed E-state index contributed by atoms with van der Waals surface area (Å²) in [5, 5.41) is 12.0. The summed E-state index contributed by atoms with van der Waals surface area (Å²) in [5.74, 6) is -0.288. The summed E-state index contributed by atoms with van der Waals surface area (Å²) in [6.07, 6.45) is 1.39. The van der Waals surface area contributed by atoms with Crippen LogP contribution in [0.3, 0.4) is 0 Å². The van der Waals surface area contributed by atoms with E-state index in [1.54, 1.807) is 14.0 Å². The number of carbonyl (C=O) groups excluding carboxylic acids is 1. The second-order valence-corrected chi connectivity index (χ2v) is 3.00. The molecule has 0 atom stereocenters. The van der Waals surface area contributed by atoms with Crippen LogP contribution in [0.2, 0.25) is 0 Å². The molecule has 0 bridgehead atoms. The average molecular weight is 157 g/mol. The Morgan fingerprint density at radius 2 is 2.00 bits per heavy atom. The van der Waals surface area contributed by atoms with Gasteiger partial charge in [-0.25, -0.2) is 0 Å². The van der Waals surface area contributed by atoms with E-state index < -0.39 is 5.60 Å². The summed E-state index contributed by atoms with van der Waals surface area (Å²) in [6.45, 7) is 4.70. The van der Waals surface area contributed by atoms with E-state index in [1.807, 2.05) is 0 Å². The van der Waals surface area contributed by atoms with Crippen molar-refractivity contribution in [1.82, 2.24) is 5.32 Å². The van der Waals surface area contributed by atoms with Crippen LogP contribution in [0, 0.1) is 0 Å². The van der Waals surface area contributed by atoms with Gasteiger partial charge in [-0.1, -0.05) is 0 Å². The molecule has 0 aliphatic rings. The SMILES string of the molecule is CN/C(C)=C/C(=O)C(C)(C)O. The highest BCUT2D eigenvalue weighted by Crippen LogP contribution is 2.04. The zero-order valence-electron chi connectivity index (χ0n) is 7.43. The molecule has 0 amide bonds. The number of ketones is 1. The van der Waals surface area contributed by atoms with Crippen LogP contribution in [0.25, 0.3) is 0 Å². The van der Waals surface area contributed by atoms with Gasteiger partial charge in [0.15, 0.2) is 5.78 Å². The maximum Gasteiger partial charge on any atom is 0.188 e. The minimum absolute atomic E-state index is 0.288. The molecule has 0 aromatic rings. The molecule has 0 aliphatic carbocycles. The first-order valence-electron chi connectivity index (χ1n) is 3.51. The van der Waals surface area contributed by atoms with E-state index in [-0.39, 0.29) is 5.78 Å². The van der Waals surface area contributed by atoms with Crippen LogP contribution in [0.5, 0.6) is 0 Å². The number of hydrogen-bond acceptors (Lipinski definition) is 3. The van der Waals surface area contributed by atoms with E-state index in [4.69, 9.17) is 0 Å². The van der Waals surface area contributed by atoms with Crippen LogP contribution in [0.4, 0.5) is 0 Å². The molecule has 0 rings (SSSR count). The summed E-state index contributed by atoms with van der Waals surface area (Å²) in [5.41, 5.74) is -0.518. The molecule has 0 unspecified atom stereocenters. The Bertz CT molecular complexity index is 177. The van der Waals surface area contributed by atoms with Crippen LogP contribution < -0.4 is 5.32 Å². The molecular formula is C8H15NO2. The van der Waals surface area contributed by atoms with Crippen molar-refractivity contribution in [2.24, 2.45) is 0 Å². The number of carbonyl (C=O) groups is 1. The lowest BCUT2D eigenvalue weighted by Gasteiger charge is -2.12. The molecule has 2 N–H and O–H groups in total. The van der Waals surface area contributed by atoms with E-state index in [0.717, 1.165) is 5.70 Å². The topological polar surface area (TPSA) is 49.3 Å². The first kappa shape index (κ1) is 10.2. The Labute approximate surface area is 67.1 Å². The summed E-state index contributed by atoms with van der Waals surface area (Å²) >= 11 is 0. The zero-order valence-corrected chi connectivity index (χ0v) is 7.43. The first-order valence-corrected chi connectivity index (χ1v) is 3.51. The van der Waals surface area contributed by atoms with Crippen molar-refractivity contribution in [3.8, 4) is 0 Å². The van der Waals surface area contributed by atoms with Crippen LogP contribution in [0.1, 0.15) is 20.8 Å². The molecule has 0 aromatic carbocycles. The molecule has 0 spiro atoms. The van der Waals surface area contributed by atoms with Gasteiger partial charge in [0.05, 0.1) is 0 Å². The van der Waals surface area contributed by atoms with Crippen molar-refractivity contribution in [1.29, 1.82) is 0 Å². The van der Waals surface area contributed by atoms with E-state index in [0.29, 0.717) is 0 Å². The highest BCUT2D eigenvalue weighted by molar-refractivity contribution is 5.96. The summed E-state index contributed by atoms with van der Waals surface area (Å²) < 4.78 is 0. The van der Waals surface area contributed by atoms with Gasteiger partial charge < -0.3 is 10.4 Å². The quantitative estimate of drug-likeness (QED) is 0.585. The van der Waals surface area contributed by atoms with Crippen molar-refractivity contribution < 1.29 is 9.90 Å². The molecule has 11 heavy (non-hydrogen) atoms. The van der Waals surface area contributed by atoms with Gasteiger partial charge >= 0.3 is 0 Å². The second kappa shape index (κ2) is 3.53. The molecule has 64 valence electrons. The smallest absolute Gasteiger partial charge is 0.188 e. The third-order valence-electron chi connectivity index (χ3n) is 1.34. The molecule has 0 radical (unpaired) electrons. The Morgan fingerprint density at radius 3 is 2.27 bits per heavy atom. The lowest BCUT2D eigenvalue weighted by atomic mass is 10.0. The number of aliphatic hydroxyl groups is 1. The minimum Gasteiger partial charge on any atom is -0.392 e. The monoisotopic (exact) mass is 157 g/mol. The van der Waals surface area contributed by atoms with Crippen LogP contribution in [-0.2, 0) is 4.79 Å². The molecule has 0 aliphatic heterocycles. The Kier molecular flexibility index (Phi) is 3.26. The van der Waals surface area contributed by atoms with Gasteiger partial charge in [-0.05, 0) is 20.8 Å². The fraction of sp³-hybridized carbons (Fsp3) is 0.625. The summed E-state index contributed by atoms with van der Waals surface area (Å²) in [6, 6.07) is 0. The van der Waals surface area contributed by atoms with Crippen molar-refractivity contribution in [2.75, 3.05) is 7.05 Å². The third-order valence-corrected chi connectivity index (χ3v) is 1.34. The summed E-state index contributed by atoms with van der Waals surface area (Å²) in [7, 11) is 1.73. The maximum absolute atomic E-state index is 11.1. The Hall–Kier alpha value is -0.830. The molecule has 0 fully saturated rings. The van der Waals surface area contributed by atoms with Crippen LogP contribution >= 0.6 is 0 Å². The highest BCUT2D eigenvalue weighted by atomic mass is 16.3. The van der Waals surface area contributed by atoms with Gasteiger partial charge in [-0.2, -0.15) is 0 Å². The zero-order chi connectivity index (χ0) is 9.07. The van der Waals surface area contributed by atoms with E-state index in [2.05, 4.69) is 5.32 Å². The predicted molar refractivity (Wildman–Crippen MR) is 44.1 cm³/mol. The molecule has 3 nitrogen and oxygen atoms in total. The van der Waals surface area contributed by atoms with Crippen molar-refractivity contribution in [3.63, 3.8) is 0 Å². The fourth-order valence-electron chi connectivity index (χ4n) is 0.445. The lowest BCUT2D eigenvalue weighted by Crippen LogP contribution is -2.30. The fourth-order valence-corrected chi connectivity index (χ4v) is 0.445. The average Bonchev–Trinajstić information content (AvgIpc) is 1.85. The first-order chi connectivity index (χ1) is 4.88. The Balaban J connectivity index is 4.30. The largest absolute Gasteiger partial charge is 0.392 e. The molecule has 0 aromatic heterocycles. The standard InChI is InChI=1S/C8H15NO2/c1-6(9-4)5-7(10)8(2,3)11/h5,9,11H,1-4H3/b6-5+. The van der Waals surface area contributed by atoms with Crippen LogP contribution in [0.15, 0.2) is 11.8 Å². The number of hydrogen-bond donors (Lipinski definition) is 2. The maximum atomic E-state index is 11.1. The van der Waals surface area contributed by atoms with Gasteiger partial charge in [-0.3, -0.25) is 4.79 Å². The van der Waals surface area contributed by atoms with Crippen molar-refractivity contribution >= 4 is 5.78 Å². The van der Waals surface area contributed by atoms with E-state index >= 15 is 0 Å². The number of nitrogens with one attached hydrogen (secondary N) is 1. The van der Waals surface area contributed by atoms with Gasteiger partial charge in [0, 0.05) is 18.8 Å². The summed E-state index contributed by atoms with van der Waals surface area (Å²) in [4.78, 5) is 11.1. The molecular weight excluding hydrogens is 142 g/mol. The molecule has 0 heterocycles. The molecule has 3 heteroatoms. The highest BCUT2D eigenvalue weighted by Gasteiger charge is 2.20. The number of allylic oxidation sites excluding steroid dienone is 1.